The van der Waals surface area contributed by atoms with Gasteiger partial charge in [0.05, 0.1) is 4.90 Å². The van der Waals surface area contributed by atoms with Gasteiger partial charge in [-0.3, -0.25) is 0 Å². The van der Waals surface area contributed by atoms with Gasteiger partial charge in [0.25, 0.3) is 0 Å². The highest BCUT2D eigenvalue weighted by Crippen LogP contribution is 2.18. The van der Waals surface area contributed by atoms with E-state index in [1.54, 1.807) is 26.8 Å². The Morgan fingerprint density at radius 2 is 1.78 bits per heavy atom. The molecule has 0 atom stereocenters. The summed E-state index contributed by atoms with van der Waals surface area (Å²) in [7, 11) is -5.25. The van der Waals surface area contributed by atoms with Crippen LogP contribution in [0, 0.1) is 6.92 Å². The third-order valence-corrected chi connectivity index (χ3v) is 5.03. The van der Waals surface area contributed by atoms with Crippen LogP contribution >= 0.6 is 0 Å². The van der Waals surface area contributed by atoms with Crippen LogP contribution in [0.1, 0.15) is 19.4 Å². The maximum Gasteiger partial charge on any atom is 0.488 e. The van der Waals surface area contributed by atoms with E-state index < -0.39 is 17.1 Å². The Labute approximate surface area is 108 Å². The molecule has 0 fully saturated rings. The Hall–Kier alpha value is -0.885. The number of benzene rings is 1. The average Bonchev–Trinajstić information content (AvgIpc) is 2.30. The first-order valence-corrected chi connectivity index (χ1v) is 7.25. The fourth-order valence-electron chi connectivity index (χ4n) is 1.76. The molecule has 0 aliphatic carbocycles. The molecule has 0 amide bonds. The lowest BCUT2D eigenvalue weighted by atomic mass is 9.80. The van der Waals surface area contributed by atoms with Crippen LogP contribution in [0.2, 0.25) is 0 Å². The van der Waals surface area contributed by atoms with Crippen molar-refractivity contribution in [2.24, 2.45) is 0 Å². The van der Waals surface area contributed by atoms with Gasteiger partial charge in [-0.15, -0.1) is 0 Å². The molecule has 0 saturated heterocycles. The predicted molar refractivity (Wildman–Crippen MR) is 71.1 cm³/mol. The number of rotatable bonds is 5. The zero-order chi connectivity index (χ0) is 13.9. The third-order valence-electron chi connectivity index (χ3n) is 2.83. The van der Waals surface area contributed by atoms with Crippen molar-refractivity contribution >= 4 is 22.6 Å². The van der Waals surface area contributed by atoms with Gasteiger partial charge in [-0.05, 0) is 24.0 Å². The van der Waals surface area contributed by atoms with E-state index in [1.165, 1.54) is 16.4 Å². The van der Waals surface area contributed by atoms with E-state index in [0.29, 0.717) is 18.7 Å². The number of hydrogen-bond acceptors (Lipinski definition) is 4. The summed E-state index contributed by atoms with van der Waals surface area (Å²) < 4.78 is 26.0. The second-order valence-electron chi connectivity index (χ2n) is 3.99. The minimum absolute atomic E-state index is 0.122. The van der Waals surface area contributed by atoms with Crippen molar-refractivity contribution in [3.05, 3.63) is 23.8 Å². The molecule has 1 aromatic carbocycles. The van der Waals surface area contributed by atoms with Crippen LogP contribution in [0.4, 0.5) is 0 Å². The molecule has 0 saturated carbocycles. The van der Waals surface area contributed by atoms with Gasteiger partial charge in [0.15, 0.2) is 0 Å². The molecule has 1 aromatic rings. The predicted octanol–water partition coefficient (Wildman–Crippen LogP) is -0.295. The zero-order valence-corrected chi connectivity index (χ0v) is 11.6. The molecule has 1 rings (SSSR count). The molecule has 0 heterocycles. The van der Waals surface area contributed by atoms with Crippen molar-refractivity contribution in [1.29, 1.82) is 0 Å². The highest BCUT2D eigenvalue weighted by Gasteiger charge is 2.25. The Balaban J connectivity index is 3.35. The number of sulfonamides is 1. The van der Waals surface area contributed by atoms with E-state index in [0.717, 1.165) is 0 Å². The van der Waals surface area contributed by atoms with Gasteiger partial charge < -0.3 is 10.0 Å². The minimum atomic E-state index is -3.58. The van der Waals surface area contributed by atoms with Crippen LogP contribution in [-0.4, -0.2) is 43.0 Å². The molecular formula is C11H18BNO4S. The fourth-order valence-corrected chi connectivity index (χ4v) is 3.48. The summed E-state index contributed by atoms with van der Waals surface area (Å²) in [6, 6.07) is 4.39. The molecule has 7 heteroatoms. The van der Waals surface area contributed by atoms with Crippen LogP contribution in [-0.2, 0) is 10.0 Å². The number of nitrogens with zero attached hydrogens (tertiary/aromatic N) is 1. The van der Waals surface area contributed by atoms with Crippen LogP contribution in [0.3, 0.4) is 0 Å². The minimum Gasteiger partial charge on any atom is -0.423 e. The summed E-state index contributed by atoms with van der Waals surface area (Å²) in [5, 5.41) is 18.2. The van der Waals surface area contributed by atoms with Crippen LogP contribution in [0.15, 0.2) is 23.1 Å². The molecule has 0 spiro atoms. The zero-order valence-electron chi connectivity index (χ0n) is 10.8. The smallest absolute Gasteiger partial charge is 0.423 e. The van der Waals surface area contributed by atoms with Gasteiger partial charge in [-0.2, -0.15) is 4.31 Å². The Kier molecular flexibility index (Phi) is 4.92. The summed E-state index contributed by atoms with van der Waals surface area (Å²) in [6.45, 7) is 5.97. The van der Waals surface area contributed by atoms with Crippen molar-refractivity contribution in [3.8, 4) is 0 Å². The van der Waals surface area contributed by atoms with Crippen molar-refractivity contribution in [2.75, 3.05) is 13.1 Å². The molecule has 0 radical (unpaired) electrons. The van der Waals surface area contributed by atoms with Crippen LogP contribution < -0.4 is 5.46 Å². The number of hydrogen-bond donors (Lipinski definition) is 2. The molecule has 0 bridgehead atoms. The normalized spacial score (nSPS) is 11.9. The van der Waals surface area contributed by atoms with E-state index in [-0.39, 0.29) is 10.4 Å². The van der Waals surface area contributed by atoms with Crippen molar-refractivity contribution in [1.82, 2.24) is 4.31 Å². The second-order valence-corrected chi connectivity index (χ2v) is 5.89. The Morgan fingerprint density at radius 1 is 1.22 bits per heavy atom. The van der Waals surface area contributed by atoms with Crippen molar-refractivity contribution in [3.63, 3.8) is 0 Å². The first-order valence-electron chi connectivity index (χ1n) is 5.81. The van der Waals surface area contributed by atoms with Gasteiger partial charge in [-0.25, -0.2) is 8.42 Å². The van der Waals surface area contributed by atoms with Crippen LogP contribution in [0.5, 0.6) is 0 Å². The molecule has 100 valence electrons. The van der Waals surface area contributed by atoms with Crippen molar-refractivity contribution < 1.29 is 18.5 Å². The maximum absolute atomic E-state index is 12.4. The lowest BCUT2D eigenvalue weighted by Gasteiger charge is -2.20. The van der Waals surface area contributed by atoms with E-state index in [9.17, 15) is 8.42 Å². The Morgan fingerprint density at radius 3 is 2.22 bits per heavy atom. The third kappa shape index (κ3) is 2.92. The molecule has 0 aliphatic heterocycles. The SMILES string of the molecule is CCN(CC)S(=O)(=O)c1cc(B(O)O)ccc1C. The maximum atomic E-state index is 12.4. The molecule has 18 heavy (non-hydrogen) atoms. The summed E-state index contributed by atoms with van der Waals surface area (Å²) in [5.41, 5.74) is 0.762. The molecule has 5 nitrogen and oxygen atoms in total. The van der Waals surface area contributed by atoms with Crippen LogP contribution in [0.25, 0.3) is 0 Å². The quantitative estimate of drug-likeness (QED) is 0.721. The monoisotopic (exact) mass is 271 g/mol. The molecule has 0 aromatic heterocycles. The lowest BCUT2D eigenvalue weighted by Crippen LogP contribution is -2.34. The van der Waals surface area contributed by atoms with E-state index in [4.69, 9.17) is 10.0 Å². The average molecular weight is 271 g/mol. The Bertz CT molecular complexity index is 512. The lowest BCUT2D eigenvalue weighted by molar-refractivity contribution is 0.425. The summed E-state index contributed by atoms with van der Waals surface area (Å²) in [6.07, 6.45) is 0. The molecule has 0 unspecified atom stereocenters. The molecular weight excluding hydrogens is 253 g/mol. The standard InChI is InChI=1S/C11H18BNO4S/c1-4-13(5-2)18(16,17)11-8-10(12(14)15)7-6-9(11)3/h6-8,14-15H,4-5H2,1-3H3. The second kappa shape index (κ2) is 5.84. The van der Waals surface area contributed by atoms with Gasteiger partial charge >= 0.3 is 7.12 Å². The van der Waals surface area contributed by atoms with E-state index in [1.807, 2.05) is 0 Å². The first-order chi connectivity index (χ1) is 8.34. The highest BCUT2D eigenvalue weighted by atomic mass is 32.2. The van der Waals surface area contributed by atoms with Gasteiger partial charge in [0.2, 0.25) is 10.0 Å². The first kappa shape index (κ1) is 15.2. The molecule has 0 aliphatic rings. The van der Waals surface area contributed by atoms with E-state index in [2.05, 4.69) is 0 Å². The topological polar surface area (TPSA) is 77.8 Å². The summed E-state index contributed by atoms with van der Waals surface area (Å²) in [5.74, 6) is 0. The number of aryl methyl sites for hydroxylation is 1. The summed E-state index contributed by atoms with van der Waals surface area (Å²) >= 11 is 0. The van der Waals surface area contributed by atoms with Gasteiger partial charge in [0.1, 0.15) is 0 Å². The van der Waals surface area contributed by atoms with Crippen molar-refractivity contribution in [2.45, 2.75) is 25.7 Å². The largest absolute Gasteiger partial charge is 0.488 e. The van der Waals surface area contributed by atoms with E-state index >= 15 is 0 Å². The fraction of sp³-hybridized carbons (Fsp3) is 0.455. The highest BCUT2D eigenvalue weighted by molar-refractivity contribution is 7.89. The van der Waals surface area contributed by atoms with Gasteiger partial charge in [-0.1, -0.05) is 26.0 Å². The van der Waals surface area contributed by atoms with Gasteiger partial charge in [0, 0.05) is 13.1 Å². The summed E-state index contributed by atoms with van der Waals surface area (Å²) in [4.78, 5) is 0.122. The molecule has 2 N–H and O–H groups in total.